The van der Waals surface area contributed by atoms with Crippen molar-refractivity contribution >= 4 is 39.2 Å². The Morgan fingerprint density at radius 3 is 3.04 bits per heavy atom. The van der Waals surface area contributed by atoms with E-state index in [4.69, 9.17) is 0 Å². The molecule has 0 radical (unpaired) electrons. The highest BCUT2D eigenvalue weighted by Crippen LogP contribution is 2.24. The number of hydrogen-bond donors (Lipinski definition) is 3. The van der Waals surface area contributed by atoms with Gasteiger partial charge in [-0.05, 0) is 25.1 Å². The summed E-state index contributed by atoms with van der Waals surface area (Å²) >= 11 is 1.40. The molecule has 8 nitrogen and oxygen atoms in total. The van der Waals surface area contributed by atoms with Gasteiger partial charge < -0.3 is 15.3 Å². The van der Waals surface area contributed by atoms with Gasteiger partial charge in [0.2, 0.25) is 5.60 Å². The van der Waals surface area contributed by atoms with E-state index in [1.54, 1.807) is 31.3 Å². The highest BCUT2D eigenvalue weighted by molar-refractivity contribution is 7.18. The molecule has 1 aliphatic heterocycles. The molecule has 2 amide bonds. The largest absolute Gasteiger partial charge is 0.369 e. The van der Waals surface area contributed by atoms with Gasteiger partial charge >= 0.3 is 0 Å². The third-order valence-corrected chi connectivity index (χ3v) is 5.46. The highest BCUT2D eigenvalue weighted by Gasteiger charge is 2.42. The van der Waals surface area contributed by atoms with E-state index in [0.717, 1.165) is 5.01 Å². The van der Waals surface area contributed by atoms with Gasteiger partial charge in [-0.2, -0.15) is 5.10 Å². The molecule has 0 saturated carbocycles. The summed E-state index contributed by atoms with van der Waals surface area (Å²) in [5.41, 5.74) is 0.335. The lowest BCUT2D eigenvalue weighted by Crippen LogP contribution is -2.37. The number of likely N-dealkylation sites (N-methyl/N-ethyl adjacent to an activating group) is 1. The van der Waals surface area contributed by atoms with Crippen LogP contribution in [0.4, 0.5) is 5.69 Å². The minimum Gasteiger partial charge on any atom is -0.369 e. The van der Waals surface area contributed by atoms with Gasteiger partial charge in [0.1, 0.15) is 4.70 Å². The first-order chi connectivity index (χ1) is 13.4. The van der Waals surface area contributed by atoms with Crippen LogP contribution in [0.5, 0.6) is 0 Å². The molecule has 3 heterocycles. The fourth-order valence-corrected chi connectivity index (χ4v) is 3.84. The molecule has 1 atom stereocenters. The van der Waals surface area contributed by atoms with Gasteiger partial charge in [-0.3, -0.25) is 14.7 Å². The van der Waals surface area contributed by atoms with Crippen LogP contribution in [0.1, 0.15) is 27.5 Å². The number of carbonyl (C=O) groups excluding carboxylic acids is 2. The standard InChI is InChI=1S/C19H17N5O3S/c1-11-20-16-15(28-11)14(22-23-16)17(25)21-13-5-3-4-12(10-13)6-7-19(27)8-9-24(2)18(19)26/h3-5,10,27H,8-9H2,1-2H3,(H,21,25)(H,22,23)/t19-/m0/s1. The zero-order valence-electron chi connectivity index (χ0n) is 15.2. The van der Waals surface area contributed by atoms with E-state index in [9.17, 15) is 14.7 Å². The summed E-state index contributed by atoms with van der Waals surface area (Å²) in [5.74, 6) is 4.75. The molecule has 1 fully saturated rings. The summed E-state index contributed by atoms with van der Waals surface area (Å²) in [7, 11) is 1.63. The number of benzene rings is 1. The predicted molar refractivity (Wildman–Crippen MR) is 105 cm³/mol. The van der Waals surface area contributed by atoms with Gasteiger partial charge in [0.25, 0.3) is 11.8 Å². The van der Waals surface area contributed by atoms with Gasteiger partial charge in [0.05, 0.1) is 5.01 Å². The van der Waals surface area contributed by atoms with Crippen LogP contribution in [-0.2, 0) is 4.79 Å². The minimum atomic E-state index is -1.65. The molecule has 3 aromatic rings. The second-order valence-electron chi connectivity index (χ2n) is 6.60. The zero-order chi connectivity index (χ0) is 19.9. The molecular weight excluding hydrogens is 378 g/mol. The van der Waals surface area contributed by atoms with Crippen molar-refractivity contribution < 1.29 is 14.7 Å². The van der Waals surface area contributed by atoms with Crippen molar-refractivity contribution in [3.8, 4) is 11.8 Å². The summed E-state index contributed by atoms with van der Waals surface area (Å²) in [6.07, 6.45) is 0.273. The predicted octanol–water partition coefficient (Wildman–Crippen LogP) is 1.52. The van der Waals surface area contributed by atoms with Crippen molar-refractivity contribution in [3.63, 3.8) is 0 Å². The Hall–Kier alpha value is -3.22. The van der Waals surface area contributed by atoms with E-state index in [1.807, 2.05) is 6.92 Å². The number of nitrogens with one attached hydrogen (secondary N) is 2. The third kappa shape index (κ3) is 3.24. The molecule has 0 spiro atoms. The highest BCUT2D eigenvalue weighted by atomic mass is 32.1. The number of aromatic nitrogens is 3. The normalized spacial score (nSPS) is 19.0. The Bertz CT molecular complexity index is 1160. The molecule has 9 heteroatoms. The molecule has 0 unspecified atom stereocenters. The molecule has 28 heavy (non-hydrogen) atoms. The van der Waals surface area contributed by atoms with Crippen molar-refractivity contribution in [2.75, 3.05) is 18.9 Å². The third-order valence-electron chi connectivity index (χ3n) is 4.48. The molecule has 0 bridgehead atoms. The van der Waals surface area contributed by atoms with Crippen molar-refractivity contribution in [3.05, 3.63) is 40.5 Å². The van der Waals surface area contributed by atoms with E-state index in [0.29, 0.717) is 28.1 Å². The Labute approximate surface area is 164 Å². The molecule has 1 saturated heterocycles. The molecule has 1 aliphatic rings. The van der Waals surface area contributed by atoms with E-state index in [1.165, 1.54) is 16.2 Å². The van der Waals surface area contributed by atoms with Gasteiger partial charge in [-0.1, -0.05) is 17.9 Å². The van der Waals surface area contributed by atoms with E-state index in [2.05, 4.69) is 32.3 Å². The molecule has 2 aromatic heterocycles. The van der Waals surface area contributed by atoms with Crippen LogP contribution in [0.15, 0.2) is 24.3 Å². The topological polar surface area (TPSA) is 111 Å². The fraction of sp³-hybridized carbons (Fsp3) is 0.263. The number of carbonyl (C=O) groups is 2. The van der Waals surface area contributed by atoms with Crippen LogP contribution in [0.25, 0.3) is 10.3 Å². The molecule has 142 valence electrons. The van der Waals surface area contributed by atoms with Crippen LogP contribution in [0, 0.1) is 18.8 Å². The molecule has 4 rings (SSSR count). The first kappa shape index (κ1) is 18.2. The van der Waals surface area contributed by atoms with Crippen molar-refractivity contribution in [1.82, 2.24) is 20.1 Å². The minimum absolute atomic E-state index is 0.273. The van der Waals surface area contributed by atoms with E-state index < -0.39 is 11.5 Å². The van der Waals surface area contributed by atoms with Crippen molar-refractivity contribution in [2.24, 2.45) is 0 Å². The number of anilines is 1. The molecule has 1 aromatic carbocycles. The first-order valence-corrected chi connectivity index (χ1v) is 9.41. The number of rotatable bonds is 2. The lowest BCUT2D eigenvalue weighted by atomic mass is 10.0. The number of H-pyrrole nitrogens is 1. The molecular formula is C19H17N5O3S. The molecule has 3 N–H and O–H groups in total. The maximum absolute atomic E-state index is 12.6. The molecule has 0 aliphatic carbocycles. The smallest absolute Gasteiger partial charge is 0.277 e. The lowest BCUT2D eigenvalue weighted by Gasteiger charge is -2.13. The maximum atomic E-state index is 12.6. The number of thiazole rings is 1. The SMILES string of the molecule is Cc1nc2[nH]nc(C(=O)Nc3cccc(C#C[C@]4(O)CCN(C)C4=O)c3)c2s1. The quantitative estimate of drug-likeness (QED) is 0.570. The zero-order valence-corrected chi connectivity index (χ0v) is 16.1. The number of aliphatic hydroxyl groups is 1. The van der Waals surface area contributed by atoms with Crippen molar-refractivity contribution in [2.45, 2.75) is 18.9 Å². The van der Waals surface area contributed by atoms with Gasteiger partial charge in [0, 0.05) is 31.3 Å². The average molecular weight is 395 g/mol. The Kier molecular flexibility index (Phi) is 4.37. The van der Waals surface area contributed by atoms with Crippen LogP contribution < -0.4 is 5.32 Å². The van der Waals surface area contributed by atoms with Gasteiger partial charge in [-0.25, -0.2) is 4.98 Å². The summed E-state index contributed by atoms with van der Waals surface area (Å²) in [5, 5.41) is 20.8. The Morgan fingerprint density at radius 1 is 1.46 bits per heavy atom. The monoisotopic (exact) mass is 395 g/mol. The second-order valence-corrected chi connectivity index (χ2v) is 7.81. The van der Waals surface area contributed by atoms with E-state index >= 15 is 0 Å². The number of hydrogen-bond acceptors (Lipinski definition) is 6. The number of aryl methyl sites for hydroxylation is 1. The van der Waals surface area contributed by atoms with Gasteiger partial charge in [0.15, 0.2) is 11.3 Å². The van der Waals surface area contributed by atoms with Crippen LogP contribution >= 0.6 is 11.3 Å². The number of likely N-dealkylation sites (tertiary alicyclic amines) is 1. The van der Waals surface area contributed by atoms with Crippen LogP contribution in [-0.4, -0.2) is 56.2 Å². The Balaban J connectivity index is 1.54. The first-order valence-electron chi connectivity index (χ1n) is 8.60. The number of aromatic amines is 1. The van der Waals surface area contributed by atoms with Crippen LogP contribution in [0.2, 0.25) is 0 Å². The number of amides is 2. The average Bonchev–Trinajstić information content (AvgIpc) is 3.29. The summed E-state index contributed by atoms with van der Waals surface area (Å²) in [6, 6.07) is 6.89. The Morgan fingerprint density at radius 2 is 2.29 bits per heavy atom. The number of nitrogens with zero attached hydrogens (tertiary/aromatic N) is 3. The number of fused-ring (bicyclic) bond motifs is 1. The van der Waals surface area contributed by atoms with Gasteiger partial charge in [-0.15, -0.1) is 11.3 Å². The van der Waals surface area contributed by atoms with Crippen LogP contribution in [0.3, 0.4) is 0 Å². The summed E-state index contributed by atoms with van der Waals surface area (Å²) in [6.45, 7) is 2.33. The summed E-state index contributed by atoms with van der Waals surface area (Å²) < 4.78 is 0.706. The lowest BCUT2D eigenvalue weighted by molar-refractivity contribution is -0.137. The second kappa shape index (κ2) is 6.74. The van der Waals surface area contributed by atoms with E-state index in [-0.39, 0.29) is 18.0 Å². The van der Waals surface area contributed by atoms with Crippen molar-refractivity contribution in [1.29, 1.82) is 0 Å². The fourth-order valence-electron chi connectivity index (χ4n) is 2.99. The summed E-state index contributed by atoms with van der Waals surface area (Å²) in [4.78, 5) is 30.3. The maximum Gasteiger partial charge on any atom is 0.277 e.